The minimum atomic E-state index is 0.408. The third kappa shape index (κ3) is 9.83. The molecular weight excluding hydrogens is 240 g/mol. The maximum absolute atomic E-state index is 2.41. The predicted molar refractivity (Wildman–Crippen MR) is 94.1 cm³/mol. The smallest absolute Gasteiger partial charge is 0.0280 e. The van der Waals surface area contributed by atoms with E-state index in [1.54, 1.807) is 0 Å². The number of hydrogen-bond acceptors (Lipinski definition) is 0. The standard InChI is InChI=1S/C20H42/c1-16(2)12-20(13-17(3,4)5,14-18(6,7)8)15-19(9,10)11/h16H,12-15H2,1-11H3. The molecule has 0 unspecified atom stereocenters. The van der Waals surface area contributed by atoms with Gasteiger partial charge >= 0.3 is 0 Å². The van der Waals surface area contributed by atoms with Crippen LogP contribution in [0.15, 0.2) is 0 Å². The third-order valence-electron chi connectivity index (χ3n) is 3.56. The summed E-state index contributed by atoms with van der Waals surface area (Å²) in [7, 11) is 0. The van der Waals surface area contributed by atoms with Crippen LogP contribution in [-0.2, 0) is 0 Å². The van der Waals surface area contributed by atoms with E-state index in [0.717, 1.165) is 5.92 Å². The summed E-state index contributed by atoms with van der Waals surface area (Å²) in [5, 5.41) is 0. The van der Waals surface area contributed by atoms with Crippen molar-refractivity contribution in [2.45, 2.75) is 102 Å². The van der Waals surface area contributed by atoms with Gasteiger partial charge in [0.2, 0.25) is 0 Å². The lowest BCUT2D eigenvalue weighted by molar-refractivity contribution is 0.0384. The maximum Gasteiger partial charge on any atom is -0.0280 e. The van der Waals surface area contributed by atoms with Gasteiger partial charge in [0.25, 0.3) is 0 Å². The molecule has 0 radical (unpaired) electrons. The van der Waals surface area contributed by atoms with Gasteiger partial charge in [0.1, 0.15) is 0 Å². The molecule has 0 aromatic carbocycles. The van der Waals surface area contributed by atoms with Gasteiger partial charge < -0.3 is 0 Å². The van der Waals surface area contributed by atoms with E-state index in [9.17, 15) is 0 Å². The lowest BCUT2D eigenvalue weighted by Gasteiger charge is -2.47. The summed E-state index contributed by atoms with van der Waals surface area (Å²) in [6.07, 6.45) is 5.38. The number of hydrogen-bond donors (Lipinski definition) is 0. The topological polar surface area (TPSA) is 0 Å². The minimum absolute atomic E-state index is 0.408. The molecule has 122 valence electrons. The summed E-state index contributed by atoms with van der Waals surface area (Å²) in [6, 6.07) is 0. The zero-order valence-electron chi connectivity index (χ0n) is 16.4. The highest BCUT2D eigenvalue weighted by Crippen LogP contribution is 2.52. The Hall–Kier alpha value is 0. The van der Waals surface area contributed by atoms with Crippen LogP contribution in [-0.4, -0.2) is 0 Å². The molecule has 0 saturated carbocycles. The van der Waals surface area contributed by atoms with E-state index in [1.165, 1.54) is 25.7 Å². The molecule has 0 N–H and O–H groups in total. The molecule has 0 heteroatoms. The fourth-order valence-corrected chi connectivity index (χ4v) is 4.65. The lowest BCUT2D eigenvalue weighted by atomic mass is 9.58. The minimum Gasteiger partial charge on any atom is -0.0628 e. The highest BCUT2D eigenvalue weighted by Gasteiger charge is 2.40. The Kier molecular flexibility index (Phi) is 6.41. The Morgan fingerprint density at radius 2 is 0.800 bits per heavy atom. The van der Waals surface area contributed by atoms with Crippen molar-refractivity contribution in [2.24, 2.45) is 27.6 Å². The van der Waals surface area contributed by atoms with Crippen LogP contribution in [0, 0.1) is 27.6 Å². The van der Waals surface area contributed by atoms with Crippen molar-refractivity contribution in [3.8, 4) is 0 Å². The van der Waals surface area contributed by atoms with Crippen molar-refractivity contribution < 1.29 is 0 Å². The van der Waals surface area contributed by atoms with Crippen LogP contribution in [0.3, 0.4) is 0 Å². The zero-order valence-corrected chi connectivity index (χ0v) is 16.4. The molecule has 0 aliphatic carbocycles. The van der Waals surface area contributed by atoms with Crippen molar-refractivity contribution in [3.05, 3.63) is 0 Å². The van der Waals surface area contributed by atoms with Crippen LogP contribution in [0.4, 0.5) is 0 Å². The molecule has 0 nitrogen and oxygen atoms in total. The predicted octanol–water partition coefficient (Wildman–Crippen LogP) is 7.33. The van der Waals surface area contributed by atoms with Gasteiger partial charge in [0.05, 0.1) is 0 Å². The SMILES string of the molecule is CC(C)CC(CC(C)(C)C)(CC(C)(C)C)CC(C)(C)C. The van der Waals surface area contributed by atoms with E-state index in [4.69, 9.17) is 0 Å². The molecule has 20 heavy (non-hydrogen) atoms. The Balaban J connectivity index is 5.50. The summed E-state index contributed by atoms with van der Waals surface area (Å²) in [6.45, 7) is 26.5. The van der Waals surface area contributed by atoms with Crippen molar-refractivity contribution >= 4 is 0 Å². The molecule has 0 atom stereocenters. The Bertz CT molecular complexity index is 234. The summed E-state index contributed by atoms with van der Waals surface area (Å²) in [4.78, 5) is 0. The highest BCUT2D eigenvalue weighted by molar-refractivity contribution is 4.91. The molecular formula is C20H42. The molecule has 0 bridgehead atoms. The van der Waals surface area contributed by atoms with Crippen LogP contribution in [0.5, 0.6) is 0 Å². The molecule has 0 aromatic rings. The number of rotatable bonds is 5. The van der Waals surface area contributed by atoms with Crippen LogP contribution in [0.2, 0.25) is 0 Å². The molecule has 0 amide bonds. The van der Waals surface area contributed by atoms with Crippen LogP contribution in [0.1, 0.15) is 102 Å². The van der Waals surface area contributed by atoms with Gasteiger partial charge in [-0.05, 0) is 53.3 Å². The largest absolute Gasteiger partial charge is 0.0628 e. The molecule has 0 aromatic heterocycles. The fraction of sp³-hybridized carbons (Fsp3) is 1.00. The van der Waals surface area contributed by atoms with Gasteiger partial charge in [-0.3, -0.25) is 0 Å². The van der Waals surface area contributed by atoms with Crippen molar-refractivity contribution in [1.82, 2.24) is 0 Å². The monoisotopic (exact) mass is 282 g/mol. The summed E-state index contributed by atoms with van der Waals surface area (Å²) in [5.74, 6) is 0.780. The molecule has 0 aliphatic rings. The first-order valence-corrected chi connectivity index (χ1v) is 8.54. The first kappa shape index (κ1) is 20.0. The molecule has 0 rings (SSSR count). The van der Waals surface area contributed by atoms with Gasteiger partial charge in [0, 0.05) is 0 Å². The fourth-order valence-electron chi connectivity index (χ4n) is 4.65. The van der Waals surface area contributed by atoms with Gasteiger partial charge in [-0.2, -0.15) is 0 Å². The summed E-state index contributed by atoms with van der Waals surface area (Å²) in [5.41, 5.74) is 1.70. The van der Waals surface area contributed by atoms with Crippen LogP contribution in [0.25, 0.3) is 0 Å². The van der Waals surface area contributed by atoms with E-state index >= 15 is 0 Å². The van der Waals surface area contributed by atoms with Crippen molar-refractivity contribution in [1.29, 1.82) is 0 Å². The van der Waals surface area contributed by atoms with E-state index in [1.807, 2.05) is 0 Å². The Morgan fingerprint density at radius 3 is 0.950 bits per heavy atom. The van der Waals surface area contributed by atoms with E-state index < -0.39 is 0 Å². The quantitative estimate of drug-likeness (QED) is 0.495. The molecule has 0 saturated heterocycles. The van der Waals surface area contributed by atoms with Gasteiger partial charge in [-0.15, -0.1) is 0 Å². The van der Waals surface area contributed by atoms with Crippen molar-refractivity contribution in [3.63, 3.8) is 0 Å². The second-order valence-corrected chi connectivity index (χ2v) is 11.3. The van der Waals surface area contributed by atoms with E-state index in [2.05, 4.69) is 76.2 Å². The normalized spacial score (nSPS) is 15.0. The second kappa shape index (κ2) is 6.41. The first-order chi connectivity index (χ1) is 8.54. The molecule has 0 spiro atoms. The molecule has 0 heterocycles. The second-order valence-electron chi connectivity index (χ2n) is 11.3. The third-order valence-corrected chi connectivity index (χ3v) is 3.56. The Labute approximate surface area is 130 Å². The first-order valence-electron chi connectivity index (χ1n) is 8.54. The van der Waals surface area contributed by atoms with E-state index in [0.29, 0.717) is 21.7 Å². The van der Waals surface area contributed by atoms with E-state index in [-0.39, 0.29) is 0 Å². The average Bonchev–Trinajstić information content (AvgIpc) is 1.86. The van der Waals surface area contributed by atoms with Gasteiger partial charge in [-0.1, -0.05) is 76.2 Å². The Morgan fingerprint density at radius 1 is 0.550 bits per heavy atom. The average molecular weight is 283 g/mol. The summed E-state index contributed by atoms with van der Waals surface area (Å²) >= 11 is 0. The summed E-state index contributed by atoms with van der Waals surface area (Å²) < 4.78 is 0. The van der Waals surface area contributed by atoms with Crippen molar-refractivity contribution in [2.75, 3.05) is 0 Å². The van der Waals surface area contributed by atoms with Gasteiger partial charge in [-0.25, -0.2) is 0 Å². The molecule has 0 fully saturated rings. The van der Waals surface area contributed by atoms with Crippen LogP contribution >= 0.6 is 0 Å². The molecule has 0 aliphatic heterocycles. The zero-order chi connectivity index (χ0) is 16.4. The van der Waals surface area contributed by atoms with Gasteiger partial charge in [0.15, 0.2) is 0 Å². The maximum atomic E-state index is 2.41. The highest BCUT2D eigenvalue weighted by atomic mass is 14.5. The lowest BCUT2D eigenvalue weighted by Crippen LogP contribution is -2.36. The van der Waals surface area contributed by atoms with Crippen LogP contribution < -0.4 is 0 Å².